The first-order chi connectivity index (χ1) is 14.6. The van der Waals surface area contributed by atoms with Crippen molar-refractivity contribution in [2.45, 2.75) is 56.4 Å². The Morgan fingerprint density at radius 3 is 2.13 bits per heavy atom. The first-order valence-electron chi connectivity index (χ1n) is 10.7. The molecule has 0 aliphatic carbocycles. The molecule has 1 atom stereocenters. The fraction of sp³-hybridized carbons (Fsp3) is 0.458. The maximum Gasteiger partial charge on any atom is 0.243 e. The van der Waals surface area contributed by atoms with E-state index in [2.05, 4.69) is 17.4 Å². The van der Waals surface area contributed by atoms with Gasteiger partial charge in [-0.05, 0) is 75.6 Å². The number of amides is 1. The van der Waals surface area contributed by atoms with Crippen molar-refractivity contribution in [2.24, 2.45) is 5.92 Å². The number of thioether (sulfide) groups is 1. The molecule has 0 saturated carbocycles. The number of carbonyl (C=O) groups excluding carboxylic acids is 1. The summed E-state index contributed by atoms with van der Waals surface area (Å²) in [6, 6.07) is 11.9. The van der Waals surface area contributed by atoms with Crippen LogP contribution in [0.1, 0.15) is 48.1 Å². The lowest BCUT2D eigenvalue weighted by atomic mass is 9.96. The Labute approximate surface area is 190 Å². The van der Waals surface area contributed by atoms with Gasteiger partial charge in [-0.2, -0.15) is 4.31 Å². The fourth-order valence-electron chi connectivity index (χ4n) is 4.37. The van der Waals surface area contributed by atoms with E-state index in [-0.39, 0.29) is 17.9 Å². The smallest absolute Gasteiger partial charge is 0.243 e. The molecule has 2 aromatic carbocycles. The van der Waals surface area contributed by atoms with E-state index in [0.29, 0.717) is 30.8 Å². The van der Waals surface area contributed by atoms with Gasteiger partial charge in [-0.3, -0.25) is 4.79 Å². The molecule has 0 radical (unpaired) electrons. The number of carbonyl (C=O) groups is 1. The topological polar surface area (TPSA) is 66.5 Å². The second kappa shape index (κ2) is 9.76. The van der Waals surface area contributed by atoms with Crippen LogP contribution in [0.4, 0.5) is 0 Å². The second-order valence-electron chi connectivity index (χ2n) is 8.41. The van der Waals surface area contributed by atoms with Crippen molar-refractivity contribution in [1.82, 2.24) is 9.62 Å². The number of rotatable bonds is 6. The molecule has 1 fully saturated rings. The van der Waals surface area contributed by atoms with E-state index in [9.17, 15) is 13.2 Å². The maximum absolute atomic E-state index is 13.3. The number of hydrogen-bond acceptors (Lipinski definition) is 4. The van der Waals surface area contributed by atoms with Gasteiger partial charge in [0.15, 0.2) is 0 Å². The molecule has 0 unspecified atom stereocenters. The highest BCUT2D eigenvalue weighted by molar-refractivity contribution is 7.98. The number of aryl methyl sites for hydroxylation is 3. The summed E-state index contributed by atoms with van der Waals surface area (Å²) in [6.45, 7) is 8.38. The molecule has 0 aromatic heterocycles. The van der Waals surface area contributed by atoms with E-state index >= 15 is 0 Å². The highest BCUT2D eigenvalue weighted by Gasteiger charge is 2.34. The Morgan fingerprint density at radius 2 is 1.61 bits per heavy atom. The molecule has 1 aliphatic heterocycles. The van der Waals surface area contributed by atoms with E-state index in [1.807, 2.05) is 58.2 Å². The van der Waals surface area contributed by atoms with Crippen molar-refractivity contribution in [2.75, 3.05) is 19.3 Å². The highest BCUT2D eigenvalue weighted by Crippen LogP contribution is 2.29. The van der Waals surface area contributed by atoms with E-state index in [4.69, 9.17) is 0 Å². The van der Waals surface area contributed by atoms with Crippen molar-refractivity contribution in [3.63, 3.8) is 0 Å². The molecule has 1 N–H and O–H groups in total. The standard InChI is InChI=1S/C24H32N2O3S2/c1-16-14-17(2)23(18(3)15-16)31(28,29)26-12-10-21(11-13-26)24(27)25-19(4)20-6-8-22(30-5)9-7-20/h6-9,14-15,19,21H,10-13H2,1-5H3,(H,25,27)/t19-/m0/s1. The predicted molar refractivity (Wildman–Crippen MR) is 127 cm³/mol. The third-order valence-corrected chi connectivity index (χ3v) is 8.95. The molecular weight excluding hydrogens is 428 g/mol. The van der Waals surface area contributed by atoms with Crippen LogP contribution >= 0.6 is 11.8 Å². The zero-order chi connectivity index (χ0) is 22.8. The van der Waals surface area contributed by atoms with Crippen LogP contribution in [0.3, 0.4) is 0 Å². The van der Waals surface area contributed by atoms with Gasteiger partial charge in [-0.1, -0.05) is 29.8 Å². The number of piperidine rings is 1. The maximum atomic E-state index is 13.3. The summed E-state index contributed by atoms with van der Waals surface area (Å²) in [6.07, 6.45) is 3.11. The minimum Gasteiger partial charge on any atom is -0.349 e. The zero-order valence-corrected chi connectivity index (χ0v) is 20.6. The third-order valence-electron chi connectivity index (χ3n) is 6.00. The van der Waals surface area contributed by atoms with Crippen LogP contribution in [0.15, 0.2) is 46.2 Å². The van der Waals surface area contributed by atoms with Crippen LogP contribution in [0.25, 0.3) is 0 Å². The van der Waals surface area contributed by atoms with Crippen molar-refractivity contribution < 1.29 is 13.2 Å². The summed E-state index contributed by atoms with van der Waals surface area (Å²) in [5.74, 6) is -0.166. The highest BCUT2D eigenvalue weighted by atomic mass is 32.2. The third kappa shape index (κ3) is 5.33. The lowest BCUT2D eigenvalue weighted by Gasteiger charge is -2.32. The van der Waals surface area contributed by atoms with Crippen LogP contribution in [-0.2, 0) is 14.8 Å². The zero-order valence-electron chi connectivity index (χ0n) is 18.9. The Balaban J connectivity index is 1.62. The van der Waals surface area contributed by atoms with Crippen LogP contribution in [-0.4, -0.2) is 38.0 Å². The lowest BCUT2D eigenvalue weighted by molar-refractivity contribution is -0.126. The lowest BCUT2D eigenvalue weighted by Crippen LogP contribution is -2.43. The Kier molecular flexibility index (Phi) is 7.50. The minimum absolute atomic E-state index is 0.00110. The molecule has 1 amide bonds. The first kappa shape index (κ1) is 23.8. The first-order valence-corrected chi connectivity index (χ1v) is 13.3. The van der Waals surface area contributed by atoms with E-state index in [1.165, 1.54) is 9.20 Å². The molecule has 31 heavy (non-hydrogen) atoms. The van der Waals surface area contributed by atoms with Gasteiger partial charge in [0.2, 0.25) is 15.9 Å². The second-order valence-corrected chi connectivity index (χ2v) is 11.2. The molecular formula is C24H32N2O3S2. The molecule has 3 rings (SSSR count). The van der Waals surface area contributed by atoms with Gasteiger partial charge < -0.3 is 5.32 Å². The SMILES string of the molecule is CSc1ccc([C@H](C)NC(=O)C2CCN(S(=O)(=O)c3c(C)cc(C)cc3C)CC2)cc1. The number of nitrogens with zero attached hydrogens (tertiary/aromatic N) is 1. The summed E-state index contributed by atoms with van der Waals surface area (Å²) in [7, 11) is -3.56. The van der Waals surface area contributed by atoms with Crippen molar-refractivity contribution in [3.8, 4) is 0 Å². The average Bonchev–Trinajstić information content (AvgIpc) is 2.72. The monoisotopic (exact) mass is 460 g/mol. The summed E-state index contributed by atoms with van der Waals surface area (Å²) in [5, 5.41) is 3.10. The molecule has 168 valence electrons. The number of benzene rings is 2. The van der Waals surface area contributed by atoms with Crippen LogP contribution in [0, 0.1) is 26.7 Å². The Hall–Kier alpha value is -1.83. The van der Waals surface area contributed by atoms with Gasteiger partial charge in [0.25, 0.3) is 0 Å². The van der Waals surface area contributed by atoms with Crippen molar-refractivity contribution in [1.29, 1.82) is 0 Å². The van der Waals surface area contributed by atoms with Gasteiger partial charge >= 0.3 is 0 Å². The van der Waals surface area contributed by atoms with Crippen molar-refractivity contribution in [3.05, 3.63) is 58.7 Å². The molecule has 2 aromatic rings. The Bertz CT molecular complexity index is 1020. The molecule has 1 aliphatic rings. The summed E-state index contributed by atoms with van der Waals surface area (Å²) in [5.41, 5.74) is 3.68. The van der Waals surface area contributed by atoms with E-state index in [1.54, 1.807) is 11.8 Å². The molecule has 5 nitrogen and oxygen atoms in total. The van der Waals surface area contributed by atoms with E-state index < -0.39 is 10.0 Å². The van der Waals surface area contributed by atoms with Gasteiger partial charge in [-0.15, -0.1) is 11.8 Å². The predicted octanol–water partition coefficient (Wildman–Crippen LogP) is 4.61. The average molecular weight is 461 g/mol. The van der Waals surface area contributed by atoms with Crippen LogP contribution in [0.2, 0.25) is 0 Å². The van der Waals surface area contributed by atoms with Crippen LogP contribution < -0.4 is 5.32 Å². The fourth-order valence-corrected chi connectivity index (χ4v) is 6.66. The van der Waals surface area contributed by atoms with Gasteiger partial charge in [0.05, 0.1) is 10.9 Å². The normalized spacial score (nSPS) is 16.8. The Morgan fingerprint density at radius 1 is 1.06 bits per heavy atom. The van der Waals surface area contributed by atoms with Crippen LogP contribution in [0.5, 0.6) is 0 Å². The molecule has 1 heterocycles. The van der Waals surface area contributed by atoms with Crippen molar-refractivity contribution >= 4 is 27.7 Å². The minimum atomic E-state index is -3.56. The number of nitrogens with one attached hydrogen (secondary N) is 1. The number of sulfonamides is 1. The molecule has 7 heteroatoms. The van der Waals surface area contributed by atoms with E-state index in [0.717, 1.165) is 22.3 Å². The number of hydrogen-bond donors (Lipinski definition) is 1. The molecule has 0 bridgehead atoms. The summed E-state index contributed by atoms with van der Waals surface area (Å²) >= 11 is 1.69. The van der Waals surface area contributed by atoms with Gasteiger partial charge in [-0.25, -0.2) is 8.42 Å². The summed E-state index contributed by atoms with van der Waals surface area (Å²) < 4.78 is 28.0. The molecule has 0 spiro atoms. The molecule has 1 saturated heterocycles. The van der Waals surface area contributed by atoms with Gasteiger partial charge in [0, 0.05) is 23.9 Å². The van der Waals surface area contributed by atoms with Gasteiger partial charge in [0.1, 0.15) is 0 Å². The largest absolute Gasteiger partial charge is 0.349 e. The summed E-state index contributed by atoms with van der Waals surface area (Å²) in [4.78, 5) is 14.4. The quantitative estimate of drug-likeness (QED) is 0.639.